The SMILES string of the molecule is CC(CNC(=O)c1cccc(Cl)c1)CC1(C)OCCO1. The molecule has 1 amide bonds. The molecule has 110 valence electrons. The van der Waals surface area contributed by atoms with Gasteiger partial charge in [0.25, 0.3) is 5.91 Å². The molecule has 1 heterocycles. The van der Waals surface area contributed by atoms with Crippen molar-refractivity contribution in [1.29, 1.82) is 0 Å². The minimum atomic E-state index is -0.514. The Bertz CT molecular complexity index is 472. The molecule has 1 unspecified atom stereocenters. The van der Waals surface area contributed by atoms with E-state index in [1.165, 1.54) is 0 Å². The highest BCUT2D eigenvalue weighted by Crippen LogP contribution is 2.26. The maximum Gasteiger partial charge on any atom is 0.251 e. The van der Waals surface area contributed by atoms with Crippen molar-refractivity contribution in [2.24, 2.45) is 5.92 Å². The molecule has 4 nitrogen and oxygen atoms in total. The van der Waals surface area contributed by atoms with Crippen molar-refractivity contribution in [2.45, 2.75) is 26.1 Å². The quantitative estimate of drug-likeness (QED) is 0.909. The van der Waals surface area contributed by atoms with Gasteiger partial charge in [-0.2, -0.15) is 0 Å². The Morgan fingerprint density at radius 3 is 2.80 bits per heavy atom. The van der Waals surface area contributed by atoms with E-state index in [2.05, 4.69) is 12.2 Å². The number of benzene rings is 1. The van der Waals surface area contributed by atoms with Crippen molar-refractivity contribution in [3.8, 4) is 0 Å². The van der Waals surface area contributed by atoms with Crippen LogP contribution in [0.25, 0.3) is 0 Å². The summed E-state index contributed by atoms with van der Waals surface area (Å²) in [6, 6.07) is 6.92. The van der Waals surface area contributed by atoms with Crippen LogP contribution in [0, 0.1) is 5.92 Å². The highest BCUT2D eigenvalue weighted by atomic mass is 35.5. The molecule has 1 aromatic rings. The smallest absolute Gasteiger partial charge is 0.251 e. The van der Waals surface area contributed by atoms with Gasteiger partial charge in [0.2, 0.25) is 0 Å². The summed E-state index contributed by atoms with van der Waals surface area (Å²) < 4.78 is 11.1. The second-order valence-electron chi connectivity index (χ2n) is 5.36. The molecule has 1 fully saturated rings. The van der Waals surface area contributed by atoms with Crippen LogP contribution in [-0.4, -0.2) is 31.5 Å². The molecule has 1 aliphatic heterocycles. The number of hydrogen-bond acceptors (Lipinski definition) is 3. The summed E-state index contributed by atoms with van der Waals surface area (Å²) >= 11 is 5.87. The molecule has 1 aliphatic rings. The number of hydrogen-bond donors (Lipinski definition) is 1. The highest BCUT2D eigenvalue weighted by Gasteiger charge is 2.32. The summed E-state index contributed by atoms with van der Waals surface area (Å²) in [6.45, 7) is 5.85. The zero-order chi connectivity index (χ0) is 14.6. The average Bonchev–Trinajstić information content (AvgIpc) is 2.82. The summed E-state index contributed by atoms with van der Waals surface area (Å²) in [4.78, 5) is 12.0. The number of rotatable bonds is 5. The van der Waals surface area contributed by atoms with E-state index in [-0.39, 0.29) is 11.8 Å². The fraction of sp³-hybridized carbons (Fsp3) is 0.533. The number of amides is 1. The molecular formula is C15H20ClNO3. The van der Waals surface area contributed by atoms with E-state index in [9.17, 15) is 4.79 Å². The highest BCUT2D eigenvalue weighted by molar-refractivity contribution is 6.30. The average molecular weight is 298 g/mol. The summed E-state index contributed by atoms with van der Waals surface area (Å²) in [6.07, 6.45) is 0.753. The van der Waals surface area contributed by atoms with Gasteiger partial charge in [-0.05, 0) is 31.0 Å². The first kappa shape index (κ1) is 15.3. The molecule has 0 aromatic heterocycles. The first-order valence-corrected chi connectivity index (χ1v) is 7.18. The molecule has 1 atom stereocenters. The van der Waals surface area contributed by atoms with Crippen LogP contribution in [0.1, 0.15) is 30.6 Å². The van der Waals surface area contributed by atoms with E-state index >= 15 is 0 Å². The van der Waals surface area contributed by atoms with Crippen LogP contribution in [0.3, 0.4) is 0 Å². The van der Waals surface area contributed by atoms with E-state index < -0.39 is 5.79 Å². The van der Waals surface area contributed by atoms with Crippen LogP contribution in [0.5, 0.6) is 0 Å². The molecule has 1 aromatic carbocycles. The fourth-order valence-corrected chi connectivity index (χ4v) is 2.57. The van der Waals surface area contributed by atoms with Gasteiger partial charge < -0.3 is 14.8 Å². The Hall–Kier alpha value is -1.10. The van der Waals surface area contributed by atoms with Crippen LogP contribution >= 0.6 is 11.6 Å². The van der Waals surface area contributed by atoms with Crippen molar-refractivity contribution in [3.05, 3.63) is 34.9 Å². The third-order valence-corrected chi connectivity index (χ3v) is 3.55. The van der Waals surface area contributed by atoms with Gasteiger partial charge in [-0.15, -0.1) is 0 Å². The van der Waals surface area contributed by atoms with E-state index in [0.29, 0.717) is 30.3 Å². The van der Waals surface area contributed by atoms with E-state index in [1.807, 2.05) is 6.92 Å². The van der Waals surface area contributed by atoms with Gasteiger partial charge in [0, 0.05) is 23.6 Å². The van der Waals surface area contributed by atoms with Gasteiger partial charge in [-0.3, -0.25) is 4.79 Å². The van der Waals surface area contributed by atoms with E-state index in [0.717, 1.165) is 6.42 Å². The first-order chi connectivity index (χ1) is 9.48. The molecule has 1 saturated heterocycles. The van der Waals surface area contributed by atoms with Crippen LogP contribution in [0.2, 0.25) is 5.02 Å². The summed E-state index contributed by atoms with van der Waals surface area (Å²) in [5, 5.41) is 3.47. The Labute approximate surface area is 124 Å². The third kappa shape index (κ3) is 4.20. The minimum absolute atomic E-state index is 0.113. The van der Waals surface area contributed by atoms with E-state index in [4.69, 9.17) is 21.1 Å². The lowest BCUT2D eigenvalue weighted by atomic mass is 10.0. The molecule has 0 radical (unpaired) electrons. The van der Waals surface area contributed by atoms with Crippen LogP contribution < -0.4 is 5.32 Å². The molecule has 5 heteroatoms. The van der Waals surface area contributed by atoms with Crippen molar-refractivity contribution in [2.75, 3.05) is 19.8 Å². The van der Waals surface area contributed by atoms with Gasteiger partial charge in [0.05, 0.1) is 13.2 Å². The lowest BCUT2D eigenvalue weighted by molar-refractivity contribution is -0.153. The molecule has 0 spiro atoms. The number of nitrogens with one attached hydrogen (secondary N) is 1. The molecular weight excluding hydrogens is 278 g/mol. The molecule has 2 rings (SSSR count). The van der Waals surface area contributed by atoms with Crippen LogP contribution in [-0.2, 0) is 9.47 Å². The third-order valence-electron chi connectivity index (χ3n) is 3.32. The second-order valence-corrected chi connectivity index (χ2v) is 5.80. The lowest BCUT2D eigenvalue weighted by Gasteiger charge is -2.26. The second kappa shape index (κ2) is 6.57. The molecule has 0 bridgehead atoms. The first-order valence-electron chi connectivity index (χ1n) is 6.80. The van der Waals surface area contributed by atoms with Gasteiger partial charge in [-0.1, -0.05) is 24.6 Å². The van der Waals surface area contributed by atoms with Crippen molar-refractivity contribution >= 4 is 17.5 Å². The summed E-state index contributed by atoms with van der Waals surface area (Å²) in [5.41, 5.74) is 0.573. The van der Waals surface area contributed by atoms with Crippen LogP contribution in [0.4, 0.5) is 0 Å². The standard InChI is InChI=1S/C15H20ClNO3/c1-11(9-15(2)19-6-7-20-15)10-17-14(18)12-4-3-5-13(16)8-12/h3-5,8,11H,6-7,9-10H2,1-2H3,(H,17,18). The lowest BCUT2D eigenvalue weighted by Crippen LogP contribution is -2.34. The molecule has 1 N–H and O–H groups in total. The number of ether oxygens (including phenoxy) is 2. The molecule has 0 saturated carbocycles. The molecule has 20 heavy (non-hydrogen) atoms. The number of carbonyl (C=O) groups excluding carboxylic acids is 1. The van der Waals surface area contributed by atoms with Gasteiger partial charge >= 0.3 is 0 Å². The minimum Gasteiger partial charge on any atom is -0.352 e. The molecule has 0 aliphatic carbocycles. The van der Waals surface area contributed by atoms with Gasteiger partial charge in [-0.25, -0.2) is 0 Å². The zero-order valence-corrected chi connectivity index (χ0v) is 12.6. The van der Waals surface area contributed by atoms with Crippen molar-refractivity contribution in [1.82, 2.24) is 5.32 Å². The Morgan fingerprint density at radius 1 is 1.45 bits per heavy atom. The Balaban J connectivity index is 1.81. The maximum atomic E-state index is 12.0. The summed E-state index contributed by atoms with van der Waals surface area (Å²) in [5.74, 6) is -0.362. The van der Waals surface area contributed by atoms with Crippen LogP contribution in [0.15, 0.2) is 24.3 Å². The Morgan fingerprint density at radius 2 is 2.15 bits per heavy atom. The fourth-order valence-electron chi connectivity index (χ4n) is 2.38. The number of halogens is 1. The van der Waals surface area contributed by atoms with Crippen molar-refractivity contribution < 1.29 is 14.3 Å². The topological polar surface area (TPSA) is 47.6 Å². The largest absolute Gasteiger partial charge is 0.352 e. The Kier molecular flexibility index (Phi) is 5.02. The maximum absolute atomic E-state index is 12.0. The number of carbonyl (C=O) groups is 1. The van der Waals surface area contributed by atoms with Gasteiger partial charge in [0.15, 0.2) is 5.79 Å². The van der Waals surface area contributed by atoms with Gasteiger partial charge in [0.1, 0.15) is 0 Å². The zero-order valence-electron chi connectivity index (χ0n) is 11.8. The van der Waals surface area contributed by atoms with Crippen molar-refractivity contribution in [3.63, 3.8) is 0 Å². The normalized spacial score (nSPS) is 18.8. The van der Waals surface area contributed by atoms with E-state index in [1.54, 1.807) is 24.3 Å². The monoisotopic (exact) mass is 297 g/mol. The predicted molar refractivity (Wildman–Crippen MR) is 77.9 cm³/mol. The summed E-state index contributed by atoms with van der Waals surface area (Å²) in [7, 11) is 0. The predicted octanol–water partition coefficient (Wildman–Crippen LogP) is 2.86.